The molecule has 10 heteroatoms. The molecule has 0 aliphatic carbocycles. The summed E-state index contributed by atoms with van der Waals surface area (Å²) in [6.45, 7) is 0.759. The molecule has 0 aliphatic heterocycles. The van der Waals surface area contributed by atoms with Gasteiger partial charge in [-0.3, -0.25) is 4.79 Å². The van der Waals surface area contributed by atoms with E-state index in [4.69, 9.17) is 0 Å². The van der Waals surface area contributed by atoms with Crippen LogP contribution < -0.4 is 0 Å². The Balaban J connectivity index is 1.72. The monoisotopic (exact) mass is 440 g/mol. The van der Waals surface area contributed by atoms with Crippen LogP contribution in [0.5, 0.6) is 0 Å². The van der Waals surface area contributed by atoms with Gasteiger partial charge in [-0.15, -0.1) is 0 Å². The number of nitrogens with one attached hydrogen (secondary N) is 1. The Bertz CT molecular complexity index is 1150. The smallest absolute Gasteiger partial charge is 0.308 e. The average Bonchev–Trinajstić information content (AvgIpc) is 3.44. The molecular formula is C21H24N6O3S. The van der Waals surface area contributed by atoms with Crippen molar-refractivity contribution < 1.29 is 13.2 Å². The Kier molecular flexibility index (Phi) is 7.16. The Morgan fingerprint density at radius 1 is 1.19 bits per heavy atom. The van der Waals surface area contributed by atoms with Crippen molar-refractivity contribution in [3.05, 3.63) is 84.5 Å². The molecule has 0 saturated carbocycles. The number of aromatic amines is 1. The molecule has 0 radical (unpaired) electrons. The maximum atomic E-state index is 12.8. The first-order chi connectivity index (χ1) is 14.9. The van der Waals surface area contributed by atoms with Gasteiger partial charge >= 0.3 is 10.2 Å². The van der Waals surface area contributed by atoms with Gasteiger partial charge in [-0.05, 0) is 17.7 Å². The number of carbonyl (C=O) groups excluding carboxylic acids is 1. The highest BCUT2D eigenvalue weighted by molar-refractivity contribution is 7.87. The zero-order valence-corrected chi connectivity index (χ0v) is 18.1. The van der Waals surface area contributed by atoms with Crippen LogP contribution in [-0.2, 0) is 21.5 Å². The van der Waals surface area contributed by atoms with E-state index < -0.39 is 10.2 Å². The normalized spacial score (nSPS) is 12.2. The summed E-state index contributed by atoms with van der Waals surface area (Å²) in [5, 5.41) is 0. The zero-order valence-electron chi connectivity index (χ0n) is 17.3. The van der Waals surface area contributed by atoms with E-state index in [1.54, 1.807) is 35.7 Å². The summed E-state index contributed by atoms with van der Waals surface area (Å²) >= 11 is 0. The molecule has 31 heavy (non-hydrogen) atoms. The molecule has 162 valence electrons. The summed E-state index contributed by atoms with van der Waals surface area (Å²) in [7, 11) is -0.702. The minimum Gasteiger partial charge on any atom is -0.345 e. The minimum absolute atomic E-state index is 0.163. The van der Waals surface area contributed by atoms with E-state index in [-0.39, 0.29) is 5.91 Å². The predicted octanol–water partition coefficient (Wildman–Crippen LogP) is 2.02. The first kappa shape index (κ1) is 22.2. The molecule has 3 aromatic rings. The van der Waals surface area contributed by atoms with Crippen molar-refractivity contribution in [2.24, 2.45) is 0 Å². The molecule has 0 fully saturated rings. The van der Waals surface area contributed by atoms with Crippen molar-refractivity contribution in [3.63, 3.8) is 0 Å². The number of carbonyl (C=O) groups is 1. The van der Waals surface area contributed by atoms with E-state index in [2.05, 4.69) is 15.0 Å². The van der Waals surface area contributed by atoms with Gasteiger partial charge < -0.3 is 9.88 Å². The van der Waals surface area contributed by atoms with E-state index in [9.17, 15) is 13.2 Å². The average molecular weight is 441 g/mol. The third-order valence-electron chi connectivity index (χ3n) is 4.38. The minimum atomic E-state index is -3.61. The molecule has 0 aliphatic rings. The lowest BCUT2D eigenvalue weighted by Crippen LogP contribution is -2.29. The molecule has 1 N–H and O–H groups in total. The maximum Gasteiger partial charge on any atom is 0.308 e. The standard InChI is InChI=1S/C21H24N6O3S/c1-25(2)31(29,30)27-15-20(24-17-27)9-6-12-26(14-18-7-4-3-5-8-18)21(28)11-10-19-13-22-16-23-19/h3-11,13,15-17H,12,14H2,1-2H3,(H,22,23)/b9-6+,11-10+. The summed E-state index contributed by atoms with van der Waals surface area (Å²) in [6.07, 6.45) is 12.5. The highest BCUT2D eigenvalue weighted by atomic mass is 32.2. The van der Waals surface area contributed by atoms with Gasteiger partial charge in [-0.1, -0.05) is 36.4 Å². The van der Waals surface area contributed by atoms with Gasteiger partial charge in [0, 0.05) is 39.5 Å². The summed E-state index contributed by atoms with van der Waals surface area (Å²) < 4.78 is 26.4. The number of H-pyrrole nitrogens is 1. The number of rotatable bonds is 9. The van der Waals surface area contributed by atoms with Gasteiger partial charge in [0.1, 0.15) is 6.33 Å². The fourth-order valence-electron chi connectivity index (χ4n) is 2.68. The molecule has 9 nitrogen and oxygen atoms in total. The summed E-state index contributed by atoms with van der Waals surface area (Å²) in [4.78, 5) is 25.4. The molecule has 0 atom stereocenters. The lowest BCUT2D eigenvalue weighted by atomic mass is 10.2. The molecule has 1 aromatic carbocycles. The van der Waals surface area contributed by atoms with Gasteiger partial charge in [-0.25, -0.2) is 13.9 Å². The first-order valence-electron chi connectivity index (χ1n) is 9.49. The molecular weight excluding hydrogens is 416 g/mol. The van der Waals surface area contributed by atoms with Crippen LogP contribution in [0.3, 0.4) is 0 Å². The SMILES string of the molecule is CN(C)S(=O)(=O)n1cnc(/C=C/CN(Cc2ccccc2)C(=O)/C=C/c2cnc[nH]2)c1. The van der Waals surface area contributed by atoms with Crippen molar-refractivity contribution in [3.8, 4) is 0 Å². The second-order valence-corrected chi connectivity index (χ2v) is 8.91. The van der Waals surface area contributed by atoms with Crippen LogP contribution >= 0.6 is 0 Å². The summed E-state index contributed by atoms with van der Waals surface area (Å²) in [5.41, 5.74) is 2.21. The van der Waals surface area contributed by atoms with Crippen molar-refractivity contribution >= 4 is 28.3 Å². The Hall–Kier alpha value is -3.50. The zero-order chi connectivity index (χ0) is 22.3. The van der Waals surface area contributed by atoms with E-state index in [0.717, 1.165) is 19.5 Å². The van der Waals surface area contributed by atoms with Crippen LogP contribution in [0.25, 0.3) is 12.2 Å². The molecule has 2 heterocycles. The first-order valence-corrected chi connectivity index (χ1v) is 10.9. The maximum absolute atomic E-state index is 12.8. The highest BCUT2D eigenvalue weighted by Crippen LogP contribution is 2.09. The van der Waals surface area contributed by atoms with Gasteiger partial charge in [-0.2, -0.15) is 12.7 Å². The van der Waals surface area contributed by atoms with Crippen LogP contribution in [0.1, 0.15) is 17.0 Å². The second kappa shape index (κ2) is 10.0. The fraction of sp³-hybridized carbons (Fsp3) is 0.190. The predicted molar refractivity (Wildman–Crippen MR) is 119 cm³/mol. The van der Waals surface area contributed by atoms with Gasteiger partial charge in [0.05, 0.1) is 23.9 Å². The van der Waals surface area contributed by atoms with E-state index >= 15 is 0 Å². The molecule has 0 unspecified atom stereocenters. The lowest BCUT2D eigenvalue weighted by Gasteiger charge is -2.19. The molecule has 3 rings (SSSR count). The summed E-state index contributed by atoms with van der Waals surface area (Å²) in [6, 6.07) is 9.68. The molecule has 0 saturated heterocycles. The molecule has 2 aromatic heterocycles. The van der Waals surface area contributed by atoms with Crippen molar-refractivity contribution in [2.75, 3.05) is 20.6 Å². The number of benzene rings is 1. The van der Waals surface area contributed by atoms with E-state index in [0.29, 0.717) is 18.8 Å². The van der Waals surface area contributed by atoms with Gasteiger partial charge in [0.2, 0.25) is 5.91 Å². The van der Waals surface area contributed by atoms with Crippen LogP contribution in [0.4, 0.5) is 0 Å². The Morgan fingerprint density at radius 2 is 1.97 bits per heavy atom. The lowest BCUT2D eigenvalue weighted by molar-refractivity contribution is -0.126. The number of nitrogens with zero attached hydrogens (tertiary/aromatic N) is 5. The number of hydrogen-bond acceptors (Lipinski definition) is 5. The Labute approximate surface area is 181 Å². The van der Waals surface area contributed by atoms with Crippen LogP contribution in [0.2, 0.25) is 0 Å². The van der Waals surface area contributed by atoms with Crippen LogP contribution in [-0.4, -0.2) is 63.1 Å². The number of imidazole rings is 2. The third-order valence-corrected chi connectivity index (χ3v) is 6.03. The van der Waals surface area contributed by atoms with Crippen molar-refractivity contribution in [2.45, 2.75) is 6.54 Å². The molecule has 0 spiro atoms. The molecule has 0 bridgehead atoms. The largest absolute Gasteiger partial charge is 0.345 e. The number of hydrogen-bond donors (Lipinski definition) is 1. The van der Waals surface area contributed by atoms with Crippen LogP contribution in [0, 0.1) is 0 Å². The van der Waals surface area contributed by atoms with Crippen LogP contribution in [0.15, 0.2) is 67.5 Å². The topological polar surface area (TPSA) is 104 Å². The van der Waals surface area contributed by atoms with E-state index in [1.807, 2.05) is 30.3 Å². The third kappa shape index (κ3) is 6.00. The van der Waals surface area contributed by atoms with Crippen molar-refractivity contribution in [1.29, 1.82) is 0 Å². The summed E-state index contributed by atoms with van der Waals surface area (Å²) in [5.74, 6) is -0.163. The fourth-order valence-corrected chi connectivity index (χ4v) is 3.47. The van der Waals surface area contributed by atoms with Gasteiger partial charge in [0.15, 0.2) is 0 Å². The quantitative estimate of drug-likeness (QED) is 0.513. The highest BCUT2D eigenvalue weighted by Gasteiger charge is 2.16. The van der Waals surface area contributed by atoms with E-state index in [1.165, 1.54) is 32.7 Å². The molecule has 1 amide bonds. The second-order valence-electron chi connectivity index (χ2n) is 6.87. The van der Waals surface area contributed by atoms with Crippen molar-refractivity contribution in [1.82, 2.24) is 28.1 Å². The number of amides is 1. The number of aromatic nitrogens is 4. The Morgan fingerprint density at radius 3 is 2.65 bits per heavy atom. The van der Waals surface area contributed by atoms with Gasteiger partial charge in [0.25, 0.3) is 0 Å².